The highest BCUT2D eigenvalue weighted by Crippen LogP contribution is 1.87. The summed E-state index contributed by atoms with van der Waals surface area (Å²) < 4.78 is 1.59. The molecule has 0 unspecified atom stereocenters. The Bertz CT molecular complexity index is 271. The van der Waals surface area contributed by atoms with Crippen LogP contribution in [0.2, 0.25) is 0 Å². The van der Waals surface area contributed by atoms with E-state index in [-0.39, 0.29) is 5.56 Å². The number of alkyl halides is 1. The van der Waals surface area contributed by atoms with Crippen molar-refractivity contribution in [3.63, 3.8) is 0 Å². The van der Waals surface area contributed by atoms with Gasteiger partial charge in [-0.2, -0.15) is 0 Å². The molecule has 1 aromatic heterocycles. The first-order valence-corrected chi connectivity index (χ1v) is 3.94. The maximum absolute atomic E-state index is 11.0. The van der Waals surface area contributed by atoms with Gasteiger partial charge in [0, 0.05) is 24.8 Å². The Kier molecular flexibility index (Phi) is 3.11. The van der Waals surface area contributed by atoms with E-state index in [0.29, 0.717) is 12.4 Å². The first kappa shape index (κ1) is 8.27. The third kappa shape index (κ3) is 2.35. The number of hydrogen-bond acceptors (Lipinski definition) is 2. The fourth-order valence-corrected chi connectivity index (χ4v) is 0.908. The average molecular weight is 173 g/mol. The lowest BCUT2D eigenvalue weighted by atomic mass is 10.4. The Hall–Kier alpha value is -0.830. The van der Waals surface area contributed by atoms with E-state index in [0.717, 1.165) is 6.42 Å². The molecule has 0 spiro atoms. The smallest absolute Gasteiger partial charge is 0.268 e. The first-order valence-electron chi connectivity index (χ1n) is 3.41. The van der Waals surface area contributed by atoms with Crippen LogP contribution >= 0.6 is 11.6 Å². The minimum absolute atomic E-state index is 0.0717. The van der Waals surface area contributed by atoms with Gasteiger partial charge in [0.25, 0.3) is 5.56 Å². The summed E-state index contributed by atoms with van der Waals surface area (Å²) in [5.41, 5.74) is -0.0717. The van der Waals surface area contributed by atoms with Crippen LogP contribution in [0.25, 0.3) is 0 Å². The molecule has 0 N–H and O–H groups in total. The van der Waals surface area contributed by atoms with Crippen LogP contribution in [-0.4, -0.2) is 15.4 Å². The maximum atomic E-state index is 11.0. The van der Waals surface area contributed by atoms with Gasteiger partial charge in [-0.3, -0.25) is 9.78 Å². The van der Waals surface area contributed by atoms with Crippen molar-refractivity contribution >= 4 is 11.6 Å². The lowest BCUT2D eigenvalue weighted by molar-refractivity contribution is 0.651. The van der Waals surface area contributed by atoms with Crippen molar-refractivity contribution in [3.8, 4) is 0 Å². The minimum Gasteiger partial charge on any atom is -0.313 e. The molecule has 1 heterocycles. The Morgan fingerprint density at radius 2 is 2.45 bits per heavy atom. The number of nitrogens with zero attached hydrogens (tertiary/aromatic N) is 2. The molecule has 0 radical (unpaired) electrons. The van der Waals surface area contributed by atoms with Crippen LogP contribution in [0.3, 0.4) is 0 Å². The second-order valence-corrected chi connectivity index (χ2v) is 2.53. The molecule has 3 nitrogen and oxygen atoms in total. The summed E-state index contributed by atoms with van der Waals surface area (Å²) in [5, 5.41) is 0. The predicted molar refractivity (Wildman–Crippen MR) is 43.8 cm³/mol. The van der Waals surface area contributed by atoms with Crippen molar-refractivity contribution in [3.05, 3.63) is 28.9 Å². The number of hydrogen-bond donors (Lipinski definition) is 0. The monoisotopic (exact) mass is 172 g/mol. The van der Waals surface area contributed by atoms with Gasteiger partial charge in [0.1, 0.15) is 0 Å². The van der Waals surface area contributed by atoms with E-state index in [4.69, 9.17) is 11.6 Å². The lowest BCUT2D eigenvalue weighted by Crippen LogP contribution is -2.18. The topological polar surface area (TPSA) is 34.9 Å². The van der Waals surface area contributed by atoms with E-state index in [1.165, 1.54) is 6.20 Å². The van der Waals surface area contributed by atoms with Crippen LogP contribution in [0.5, 0.6) is 0 Å². The highest BCUT2D eigenvalue weighted by atomic mass is 35.5. The summed E-state index contributed by atoms with van der Waals surface area (Å²) in [5.74, 6) is 0.578. The van der Waals surface area contributed by atoms with Crippen molar-refractivity contribution in [2.75, 3.05) is 5.88 Å². The summed E-state index contributed by atoms with van der Waals surface area (Å²) >= 11 is 5.47. The lowest BCUT2D eigenvalue weighted by Gasteiger charge is -2.00. The van der Waals surface area contributed by atoms with Gasteiger partial charge < -0.3 is 4.57 Å². The second kappa shape index (κ2) is 4.13. The minimum atomic E-state index is -0.0717. The molecule has 0 saturated carbocycles. The summed E-state index contributed by atoms with van der Waals surface area (Å²) in [6.45, 7) is 0.671. The molecule has 0 fully saturated rings. The molecule has 0 bridgehead atoms. The fourth-order valence-electron chi connectivity index (χ4n) is 0.788. The number of halogens is 1. The third-order valence-corrected chi connectivity index (χ3v) is 1.60. The Morgan fingerprint density at radius 3 is 3.09 bits per heavy atom. The van der Waals surface area contributed by atoms with Crippen LogP contribution in [0.15, 0.2) is 23.4 Å². The van der Waals surface area contributed by atoms with Gasteiger partial charge in [-0.1, -0.05) is 0 Å². The predicted octanol–water partition coefficient (Wildman–Crippen LogP) is 0.872. The Balaban J connectivity index is 2.70. The maximum Gasteiger partial charge on any atom is 0.268 e. The van der Waals surface area contributed by atoms with Crippen molar-refractivity contribution in [2.45, 2.75) is 13.0 Å². The van der Waals surface area contributed by atoms with Crippen LogP contribution in [0, 0.1) is 0 Å². The van der Waals surface area contributed by atoms with Crippen LogP contribution in [0.1, 0.15) is 6.42 Å². The standard InChI is InChI=1S/C7H9ClN2O/c8-2-1-4-10-5-3-9-6-7(10)11/h3,5-6H,1-2,4H2. The summed E-state index contributed by atoms with van der Waals surface area (Å²) in [7, 11) is 0. The van der Waals surface area contributed by atoms with Crippen LogP contribution in [0.4, 0.5) is 0 Å². The summed E-state index contributed by atoms with van der Waals surface area (Å²) in [6, 6.07) is 0. The quantitative estimate of drug-likeness (QED) is 0.635. The molecule has 0 aliphatic rings. The molecule has 4 heteroatoms. The highest BCUT2D eigenvalue weighted by molar-refractivity contribution is 6.17. The molecule has 0 aliphatic heterocycles. The van der Waals surface area contributed by atoms with Gasteiger partial charge in [0.05, 0.1) is 6.20 Å². The molecule has 0 aromatic carbocycles. The molecule has 0 atom stereocenters. The van der Waals surface area contributed by atoms with Crippen molar-refractivity contribution in [2.24, 2.45) is 0 Å². The number of rotatable bonds is 3. The Labute approximate surface area is 69.6 Å². The normalized spacial score (nSPS) is 9.91. The molecule has 60 valence electrons. The van der Waals surface area contributed by atoms with E-state index in [1.54, 1.807) is 17.0 Å². The second-order valence-electron chi connectivity index (χ2n) is 2.15. The van der Waals surface area contributed by atoms with Gasteiger partial charge in [0.15, 0.2) is 0 Å². The zero-order valence-corrected chi connectivity index (χ0v) is 6.79. The molecule has 0 aliphatic carbocycles. The summed E-state index contributed by atoms with van der Waals surface area (Å²) in [6.07, 6.45) is 5.37. The van der Waals surface area contributed by atoms with E-state index >= 15 is 0 Å². The number of aromatic nitrogens is 2. The van der Waals surface area contributed by atoms with Gasteiger partial charge in [-0.25, -0.2) is 0 Å². The van der Waals surface area contributed by atoms with Crippen molar-refractivity contribution in [1.82, 2.24) is 9.55 Å². The van der Waals surface area contributed by atoms with E-state index in [9.17, 15) is 4.79 Å². The number of aryl methyl sites for hydroxylation is 1. The van der Waals surface area contributed by atoms with Crippen molar-refractivity contribution < 1.29 is 0 Å². The zero-order chi connectivity index (χ0) is 8.10. The molecule has 0 amide bonds. The first-order chi connectivity index (χ1) is 5.34. The Morgan fingerprint density at radius 1 is 1.64 bits per heavy atom. The highest BCUT2D eigenvalue weighted by Gasteiger charge is 1.91. The van der Waals surface area contributed by atoms with Crippen LogP contribution in [-0.2, 0) is 6.54 Å². The molecular weight excluding hydrogens is 164 g/mol. The fraction of sp³-hybridized carbons (Fsp3) is 0.429. The molecule has 1 aromatic rings. The average Bonchev–Trinajstić information content (AvgIpc) is 2.03. The molecule has 11 heavy (non-hydrogen) atoms. The van der Waals surface area contributed by atoms with Crippen molar-refractivity contribution in [1.29, 1.82) is 0 Å². The third-order valence-electron chi connectivity index (χ3n) is 1.33. The van der Waals surface area contributed by atoms with Gasteiger partial charge in [-0.05, 0) is 6.42 Å². The van der Waals surface area contributed by atoms with Gasteiger partial charge in [-0.15, -0.1) is 11.6 Å². The molecule has 1 rings (SSSR count). The molecular formula is C7H9ClN2O. The summed E-state index contributed by atoms with van der Waals surface area (Å²) in [4.78, 5) is 14.7. The molecule has 0 saturated heterocycles. The van der Waals surface area contributed by atoms with Gasteiger partial charge >= 0.3 is 0 Å². The largest absolute Gasteiger partial charge is 0.313 e. The van der Waals surface area contributed by atoms with E-state index in [1.807, 2.05) is 0 Å². The SMILES string of the molecule is O=c1cnccn1CCCCl. The van der Waals surface area contributed by atoms with Crippen LogP contribution < -0.4 is 5.56 Å². The van der Waals surface area contributed by atoms with E-state index < -0.39 is 0 Å². The van der Waals surface area contributed by atoms with E-state index in [2.05, 4.69) is 4.98 Å². The van der Waals surface area contributed by atoms with Gasteiger partial charge in [0.2, 0.25) is 0 Å². The zero-order valence-electron chi connectivity index (χ0n) is 6.03.